The largest absolute Gasteiger partial charge is 0.334 e. The predicted octanol–water partition coefficient (Wildman–Crippen LogP) is 8.96. The lowest BCUT2D eigenvalue weighted by Gasteiger charge is -2.28. The highest BCUT2D eigenvalue weighted by Gasteiger charge is 2.22. The van der Waals surface area contributed by atoms with Crippen molar-refractivity contribution in [2.45, 2.75) is 65.5 Å². The second-order valence-corrected chi connectivity index (χ2v) is 17.9. The van der Waals surface area contributed by atoms with Gasteiger partial charge in [-0.15, -0.1) is 0 Å². The van der Waals surface area contributed by atoms with Crippen LogP contribution in [-0.2, 0) is 12.8 Å². The maximum absolute atomic E-state index is 13.7. The lowest BCUT2D eigenvalue weighted by Crippen LogP contribution is -2.49. The second-order valence-electron chi connectivity index (χ2n) is 15.3. The molecular formula is C46H64N6O2S2. The van der Waals surface area contributed by atoms with Crippen molar-refractivity contribution in [3.63, 3.8) is 0 Å². The molecule has 4 rings (SSSR count). The quantitative estimate of drug-likeness (QED) is 0.0440. The third-order valence-corrected chi connectivity index (χ3v) is 12.2. The highest BCUT2D eigenvalue weighted by molar-refractivity contribution is 8.76. The molecular weight excluding hydrogens is 733 g/mol. The van der Waals surface area contributed by atoms with Crippen LogP contribution in [0.2, 0.25) is 0 Å². The van der Waals surface area contributed by atoms with Crippen LogP contribution in [0.5, 0.6) is 0 Å². The Morgan fingerprint density at radius 2 is 0.857 bits per heavy atom. The topological polar surface area (TPSA) is 117 Å². The summed E-state index contributed by atoms with van der Waals surface area (Å²) in [7, 11) is 3.48. The molecule has 0 aromatic heterocycles. The normalized spacial score (nSPS) is 12.4. The summed E-state index contributed by atoms with van der Waals surface area (Å²) in [6.07, 6.45) is 3.25. The number of benzene rings is 4. The van der Waals surface area contributed by atoms with E-state index >= 15 is 0 Å². The lowest BCUT2D eigenvalue weighted by atomic mass is 10.0. The van der Waals surface area contributed by atoms with Gasteiger partial charge in [0.1, 0.15) is 0 Å². The van der Waals surface area contributed by atoms with Crippen LogP contribution in [0.4, 0.5) is 9.59 Å². The summed E-state index contributed by atoms with van der Waals surface area (Å²) in [6.45, 7) is 11.9. The minimum atomic E-state index is -0.100. The van der Waals surface area contributed by atoms with Crippen molar-refractivity contribution in [3.05, 3.63) is 120 Å². The molecule has 0 aliphatic heterocycles. The van der Waals surface area contributed by atoms with Crippen molar-refractivity contribution >= 4 is 33.7 Å². The molecule has 56 heavy (non-hydrogen) atoms. The summed E-state index contributed by atoms with van der Waals surface area (Å²) in [6, 6.07) is 37.7. The average molecular weight is 797 g/mol. The molecule has 0 saturated heterocycles. The Morgan fingerprint density at radius 3 is 1.18 bits per heavy atom. The monoisotopic (exact) mass is 796 g/mol. The van der Waals surface area contributed by atoms with E-state index in [1.165, 1.54) is 33.4 Å². The molecule has 0 saturated carbocycles. The van der Waals surface area contributed by atoms with Gasteiger partial charge >= 0.3 is 12.1 Å². The molecule has 0 spiro atoms. The first kappa shape index (κ1) is 44.8. The standard InChI is InChI=1S/C46H64N6O2S2/c1-35(2)23-27-51(29-25-47)45(53)49-43(31-37-15-19-41(20-16-37)39-11-7-5-8-12-39)33-55-56-34-44(50-46(54)52(30-26-48)28-24-36(3)4)32-38-17-21-42(22-18-38)40-13-9-6-10-14-40/h5-22,35-36,43-44H,23-34,47-48H2,1-4H3,(H,49,53)(H,50,54)/t43-,44-/m1/s1. The zero-order valence-corrected chi connectivity index (χ0v) is 35.5. The Morgan fingerprint density at radius 1 is 0.518 bits per heavy atom. The second kappa shape index (κ2) is 24.6. The Balaban J connectivity index is 1.46. The fourth-order valence-electron chi connectivity index (χ4n) is 6.36. The third-order valence-electron chi connectivity index (χ3n) is 9.69. The van der Waals surface area contributed by atoms with Gasteiger partial charge < -0.3 is 31.9 Å². The lowest BCUT2D eigenvalue weighted by molar-refractivity contribution is 0.192. The molecule has 302 valence electrons. The number of carbonyl (C=O) groups excluding carboxylic acids is 2. The molecule has 4 aromatic rings. The third kappa shape index (κ3) is 15.9. The molecule has 0 aliphatic rings. The SMILES string of the molecule is CC(C)CCN(CCN)C(=O)N[C@@H](CSSC[C@@H](Cc1ccc(-c2ccccc2)cc1)NC(=O)N(CCN)CCC(C)C)Cc1ccc(-c2ccccc2)cc1. The fraction of sp³-hybridized carbons (Fsp3) is 0.435. The van der Waals surface area contributed by atoms with Gasteiger partial charge in [-0.25, -0.2) is 9.59 Å². The number of urea groups is 2. The minimum Gasteiger partial charge on any atom is -0.334 e. The molecule has 0 radical (unpaired) electrons. The molecule has 10 heteroatoms. The summed E-state index contributed by atoms with van der Waals surface area (Å²) in [5.74, 6) is 2.39. The van der Waals surface area contributed by atoms with Crippen LogP contribution in [0.15, 0.2) is 109 Å². The Bertz CT molecular complexity index is 1560. The maximum atomic E-state index is 13.7. The predicted molar refractivity (Wildman–Crippen MR) is 241 cm³/mol. The van der Waals surface area contributed by atoms with Crippen LogP contribution < -0.4 is 22.1 Å². The summed E-state index contributed by atoms with van der Waals surface area (Å²) in [4.78, 5) is 31.0. The van der Waals surface area contributed by atoms with Crippen LogP contribution in [-0.4, -0.2) is 84.7 Å². The smallest absolute Gasteiger partial charge is 0.317 e. The van der Waals surface area contributed by atoms with Crippen LogP contribution in [0.1, 0.15) is 51.7 Å². The van der Waals surface area contributed by atoms with Gasteiger partial charge in [0, 0.05) is 62.9 Å². The van der Waals surface area contributed by atoms with Crippen molar-refractivity contribution in [2.24, 2.45) is 23.3 Å². The molecule has 0 unspecified atom stereocenters. The molecule has 4 aromatic carbocycles. The number of rotatable bonds is 23. The highest BCUT2D eigenvalue weighted by Crippen LogP contribution is 2.27. The zero-order valence-electron chi connectivity index (χ0n) is 33.9. The summed E-state index contributed by atoms with van der Waals surface area (Å²) < 4.78 is 0. The molecule has 0 bridgehead atoms. The van der Waals surface area contributed by atoms with E-state index in [1.54, 1.807) is 21.6 Å². The van der Waals surface area contributed by atoms with Gasteiger partial charge in [0.25, 0.3) is 0 Å². The van der Waals surface area contributed by atoms with Crippen molar-refractivity contribution in [2.75, 3.05) is 50.8 Å². The first-order valence-electron chi connectivity index (χ1n) is 20.2. The van der Waals surface area contributed by atoms with E-state index in [4.69, 9.17) is 11.5 Å². The number of hydrogen-bond donors (Lipinski definition) is 4. The number of hydrogen-bond acceptors (Lipinski definition) is 6. The summed E-state index contributed by atoms with van der Waals surface area (Å²) in [5, 5.41) is 6.72. The van der Waals surface area contributed by atoms with Crippen LogP contribution in [0, 0.1) is 11.8 Å². The number of nitrogens with two attached hydrogens (primary N) is 2. The minimum absolute atomic E-state index is 0.0712. The van der Waals surface area contributed by atoms with E-state index < -0.39 is 0 Å². The number of carbonyl (C=O) groups is 2. The summed E-state index contributed by atoms with van der Waals surface area (Å²) in [5.41, 5.74) is 18.9. The van der Waals surface area contributed by atoms with E-state index in [0.29, 0.717) is 75.5 Å². The maximum Gasteiger partial charge on any atom is 0.317 e. The summed E-state index contributed by atoms with van der Waals surface area (Å²) >= 11 is 0. The highest BCUT2D eigenvalue weighted by atomic mass is 33.1. The van der Waals surface area contributed by atoms with Gasteiger partial charge in [0.2, 0.25) is 0 Å². The zero-order chi connectivity index (χ0) is 40.1. The number of nitrogens with zero attached hydrogens (tertiary/aromatic N) is 2. The van der Waals surface area contributed by atoms with Gasteiger partial charge in [0.15, 0.2) is 0 Å². The van der Waals surface area contributed by atoms with Crippen LogP contribution in [0.25, 0.3) is 22.3 Å². The molecule has 4 amide bonds. The Labute approximate surface area is 344 Å². The Hall–Kier alpha value is -3.96. The van der Waals surface area contributed by atoms with E-state index in [-0.39, 0.29) is 24.1 Å². The van der Waals surface area contributed by atoms with Crippen LogP contribution in [0.3, 0.4) is 0 Å². The van der Waals surface area contributed by atoms with Gasteiger partial charge in [-0.1, -0.05) is 158 Å². The molecule has 0 heterocycles. The van der Waals surface area contributed by atoms with E-state index in [2.05, 4.69) is 135 Å². The molecule has 0 aliphatic carbocycles. The molecule has 2 atom stereocenters. The first-order valence-corrected chi connectivity index (χ1v) is 22.7. The molecule has 0 fully saturated rings. The van der Waals surface area contributed by atoms with Gasteiger partial charge in [-0.3, -0.25) is 0 Å². The molecule has 8 nitrogen and oxygen atoms in total. The number of amides is 4. The van der Waals surface area contributed by atoms with Gasteiger partial charge in [-0.05, 0) is 70.9 Å². The van der Waals surface area contributed by atoms with Crippen molar-refractivity contribution < 1.29 is 9.59 Å². The van der Waals surface area contributed by atoms with Crippen molar-refractivity contribution in [1.29, 1.82) is 0 Å². The van der Waals surface area contributed by atoms with Gasteiger partial charge in [-0.2, -0.15) is 0 Å². The Kier molecular flexibility index (Phi) is 19.7. The van der Waals surface area contributed by atoms with Crippen molar-refractivity contribution in [1.82, 2.24) is 20.4 Å². The molecule has 6 N–H and O–H groups in total. The fourth-order valence-corrected chi connectivity index (χ4v) is 8.85. The van der Waals surface area contributed by atoms with Gasteiger partial charge in [0.05, 0.1) is 0 Å². The van der Waals surface area contributed by atoms with E-state index in [1.807, 2.05) is 21.9 Å². The van der Waals surface area contributed by atoms with Crippen molar-refractivity contribution in [3.8, 4) is 22.3 Å². The van der Waals surface area contributed by atoms with Crippen LogP contribution >= 0.6 is 21.6 Å². The van der Waals surface area contributed by atoms with E-state index in [9.17, 15) is 9.59 Å². The average Bonchev–Trinajstić information content (AvgIpc) is 3.20. The number of nitrogens with one attached hydrogen (secondary N) is 2. The van der Waals surface area contributed by atoms with E-state index in [0.717, 1.165) is 12.8 Å². The first-order chi connectivity index (χ1) is 27.1.